The Morgan fingerprint density at radius 1 is 1.10 bits per heavy atom. The van der Waals surface area contributed by atoms with Crippen LogP contribution in [0.4, 0.5) is 4.39 Å². The SMILES string of the molecule is CCn1c(=O)c2c(ncn2Cc2cccc(F)c2)n(-c2cccc(OC)c2)c1=O. The predicted molar refractivity (Wildman–Crippen MR) is 107 cm³/mol. The van der Waals surface area contributed by atoms with Crippen LogP contribution in [0.5, 0.6) is 5.75 Å². The molecule has 8 heteroatoms. The minimum Gasteiger partial charge on any atom is -0.497 e. The molecular weight excluding hydrogens is 375 g/mol. The Labute approximate surface area is 165 Å². The summed E-state index contributed by atoms with van der Waals surface area (Å²) >= 11 is 0. The molecule has 0 saturated heterocycles. The van der Waals surface area contributed by atoms with Crippen LogP contribution in [0.2, 0.25) is 0 Å². The van der Waals surface area contributed by atoms with Gasteiger partial charge in [0.25, 0.3) is 5.56 Å². The van der Waals surface area contributed by atoms with Gasteiger partial charge in [-0.1, -0.05) is 18.2 Å². The molecule has 2 heterocycles. The molecule has 0 aliphatic heterocycles. The number of fused-ring (bicyclic) bond motifs is 1. The molecule has 7 nitrogen and oxygen atoms in total. The molecule has 4 aromatic rings. The summed E-state index contributed by atoms with van der Waals surface area (Å²) in [7, 11) is 1.54. The zero-order chi connectivity index (χ0) is 20.5. The van der Waals surface area contributed by atoms with Gasteiger partial charge in [-0.25, -0.2) is 18.7 Å². The molecule has 29 heavy (non-hydrogen) atoms. The maximum absolute atomic E-state index is 13.6. The monoisotopic (exact) mass is 394 g/mol. The lowest BCUT2D eigenvalue weighted by Gasteiger charge is -2.12. The maximum Gasteiger partial charge on any atom is 0.337 e. The fraction of sp³-hybridized carbons (Fsp3) is 0.190. The predicted octanol–water partition coefficient (Wildman–Crippen LogP) is 2.56. The maximum atomic E-state index is 13.6. The van der Waals surface area contributed by atoms with Crippen molar-refractivity contribution in [3.8, 4) is 11.4 Å². The third kappa shape index (κ3) is 3.22. The Kier molecular flexibility index (Phi) is 4.75. The summed E-state index contributed by atoms with van der Waals surface area (Å²) in [6, 6.07) is 13.1. The van der Waals surface area contributed by atoms with Gasteiger partial charge in [0.1, 0.15) is 11.6 Å². The quantitative estimate of drug-likeness (QED) is 0.522. The van der Waals surface area contributed by atoms with Crippen molar-refractivity contribution in [2.45, 2.75) is 20.0 Å². The van der Waals surface area contributed by atoms with Crippen molar-refractivity contribution < 1.29 is 9.13 Å². The molecule has 0 aliphatic carbocycles. The average Bonchev–Trinajstić information content (AvgIpc) is 3.12. The standard InChI is InChI=1S/C21H19FN4O3/c1-3-25-20(27)18-19(23-13-24(18)12-14-6-4-7-15(22)10-14)26(21(25)28)16-8-5-9-17(11-16)29-2/h4-11,13H,3,12H2,1-2H3. The second-order valence-corrected chi connectivity index (χ2v) is 6.54. The highest BCUT2D eigenvalue weighted by Crippen LogP contribution is 2.19. The van der Waals surface area contributed by atoms with Gasteiger partial charge in [0.05, 0.1) is 19.1 Å². The summed E-state index contributed by atoms with van der Waals surface area (Å²) in [4.78, 5) is 30.4. The normalized spacial score (nSPS) is 11.1. The van der Waals surface area contributed by atoms with Gasteiger partial charge >= 0.3 is 5.69 Å². The molecule has 0 aliphatic rings. The highest BCUT2D eigenvalue weighted by molar-refractivity contribution is 5.72. The summed E-state index contributed by atoms with van der Waals surface area (Å²) in [5.74, 6) is 0.224. The zero-order valence-electron chi connectivity index (χ0n) is 16.0. The van der Waals surface area contributed by atoms with Gasteiger partial charge in [-0.3, -0.25) is 9.36 Å². The first kappa shape index (κ1) is 18.7. The Balaban J connectivity index is 1.99. The third-order valence-electron chi connectivity index (χ3n) is 4.77. The van der Waals surface area contributed by atoms with Crippen LogP contribution < -0.4 is 16.0 Å². The van der Waals surface area contributed by atoms with Crippen molar-refractivity contribution in [3.63, 3.8) is 0 Å². The van der Waals surface area contributed by atoms with E-state index < -0.39 is 11.2 Å². The summed E-state index contributed by atoms with van der Waals surface area (Å²) in [6.07, 6.45) is 1.49. The highest BCUT2D eigenvalue weighted by Gasteiger charge is 2.19. The first-order valence-electron chi connectivity index (χ1n) is 9.13. The lowest BCUT2D eigenvalue weighted by molar-refractivity contribution is 0.414. The van der Waals surface area contributed by atoms with Crippen LogP contribution >= 0.6 is 0 Å². The largest absolute Gasteiger partial charge is 0.497 e. The number of methoxy groups -OCH3 is 1. The topological polar surface area (TPSA) is 71.1 Å². The number of nitrogens with zero attached hydrogens (tertiary/aromatic N) is 4. The zero-order valence-corrected chi connectivity index (χ0v) is 16.0. The first-order valence-corrected chi connectivity index (χ1v) is 9.13. The minimum atomic E-state index is -0.478. The van der Waals surface area contributed by atoms with E-state index in [9.17, 15) is 14.0 Å². The van der Waals surface area contributed by atoms with E-state index in [4.69, 9.17) is 4.74 Å². The van der Waals surface area contributed by atoms with Crippen molar-refractivity contribution in [3.05, 3.63) is 87.1 Å². The number of halogens is 1. The third-order valence-corrected chi connectivity index (χ3v) is 4.77. The number of ether oxygens (including phenoxy) is 1. The smallest absolute Gasteiger partial charge is 0.337 e. The van der Waals surface area contributed by atoms with Crippen LogP contribution in [0.3, 0.4) is 0 Å². The number of aromatic nitrogens is 4. The lowest BCUT2D eigenvalue weighted by Crippen LogP contribution is -2.39. The van der Waals surface area contributed by atoms with E-state index in [2.05, 4.69) is 4.98 Å². The van der Waals surface area contributed by atoms with E-state index in [1.54, 1.807) is 47.9 Å². The fourth-order valence-electron chi connectivity index (χ4n) is 3.39. The van der Waals surface area contributed by atoms with Crippen LogP contribution in [0.15, 0.2) is 64.4 Å². The lowest BCUT2D eigenvalue weighted by atomic mass is 10.2. The van der Waals surface area contributed by atoms with Crippen molar-refractivity contribution >= 4 is 11.2 Å². The van der Waals surface area contributed by atoms with Gasteiger partial charge < -0.3 is 9.30 Å². The van der Waals surface area contributed by atoms with Gasteiger partial charge in [0, 0.05) is 19.2 Å². The molecular formula is C21H19FN4O3. The summed E-state index contributed by atoms with van der Waals surface area (Å²) in [6.45, 7) is 2.20. The van der Waals surface area contributed by atoms with Gasteiger partial charge in [-0.2, -0.15) is 0 Å². The summed E-state index contributed by atoms with van der Waals surface area (Å²) in [5, 5.41) is 0. The second kappa shape index (κ2) is 7.38. The molecule has 0 N–H and O–H groups in total. The number of hydrogen-bond acceptors (Lipinski definition) is 4. The Morgan fingerprint density at radius 3 is 2.62 bits per heavy atom. The number of hydrogen-bond donors (Lipinski definition) is 0. The molecule has 4 rings (SSSR count). The van der Waals surface area contributed by atoms with Crippen molar-refractivity contribution in [1.29, 1.82) is 0 Å². The van der Waals surface area contributed by atoms with Gasteiger partial charge in [0.2, 0.25) is 0 Å². The van der Waals surface area contributed by atoms with Crippen molar-refractivity contribution in [2.75, 3.05) is 7.11 Å². The van der Waals surface area contributed by atoms with E-state index in [1.807, 2.05) is 0 Å². The van der Waals surface area contributed by atoms with Gasteiger partial charge in [-0.05, 0) is 36.8 Å². The van der Waals surface area contributed by atoms with Crippen LogP contribution in [0, 0.1) is 5.82 Å². The van der Waals surface area contributed by atoms with Crippen molar-refractivity contribution in [1.82, 2.24) is 18.7 Å². The molecule has 148 valence electrons. The van der Waals surface area contributed by atoms with Crippen LogP contribution in [-0.2, 0) is 13.1 Å². The molecule has 0 amide bonds. The number of benzene rings is 2. The molecule has 0 unspecified atom stereocenters. The average molecular weight is 394 g/mol. The first-order chi connectivity index (χ1) is 14.0. The molecule has 0 bridgehead atoms. The Morgan fingerprint density at radius 2 is 1.90 bits per heavy atom. The van der Waals surface area contributed by atoms with E-state index in [1.165, 1.54) is 30.1 Å². The number of rotatable bonds is 5. The van der Waals surface area contributed by atoms with E-state index >= 15 is 0 Å². The molecule has 0 fully saturated rings. The number of imidazole rings is 1. The van der Waals surface area contributed by atoms with E-state index in [0.717, 1.165) is 4.57 Å². The van der Waals surface area contributed by atoms with Crippen molar-refractivity contribution in [2.24, 2.45) is 0 Å². The minimum absolute atomic E-state index is 0.211. The van der Waals surface area contributed by atoms with E-state index in [0.29, 0.717) is 17.0 Å². The Hall–Kier alpha value is -3.68. The molecule has 0 radical (unpaired) electrons. The van der Waals surface area contributed by atoms with Crippen LogP contribution in [0.25, 0.3) is 16.9 Å². The van der Waals surface area contributed by atoms with E-state index in [-0.39, 0.29) is 30.1 Å². The second-order valence-electron chi connectivity index (χ2n) is 6.54. The Bertz CT molecular complexity index is 1320. The fourth-order valence-corrected chi connectivity index (χ4v) is 3.39. The molecule has 0 atom stereocenters. The summed E-state index contributed by atoms with van der Waals surface area (Å²) < 4.78 is 23.0. The highest BCUT2D eigenvalue weighted by atomic mass is 19.1. The van der Waals surface area contributed by atoms with Crippen LogP contribution in [-0.4, -0.2) is 25.8 Å². The van der Waals surface area contributed by atoms with Crippen LogP contribution in [0.1, 0.15) is 12.5 Å². The summed E-state index contributed by atoms with van der Waals surface area (Å²) in [5.41, 5.74) is 0.839. The molecule has 0 spiro atoms. The molecule has 2 aromatic heterocycles. The van der Waals surface area contributed by atoms with Gasteiger partial charge in [-0.15, -0.1) is 0 Å². The van der Waals surface area contributed by atoms with Gasteiger partial charge in [0.15, 0.2) is 11.2 Å². The molecule has 0 saturated carbocycles. The molecule has 2 aromatic carbocycles.